The molecule has 2 aliphatic rings. The average molecular weight is 596 g/mol. The molecule has 0 atom stereocenters. The first-order valence-electron chi connectivity index (χ1n) is 14.9. The molecule has 0 spiro atoms. The third-order valence-electron chi connectivity index (χ3n) is 8.13. The Kier molecular flexibility index (Phi) is 8.40. The monoisotopic (exact) mass is 595 g/mol. The van der Waals surface area contributed by atoms with Gasteiger partial charge in [0.05, 0.1) is 25.6 Å². The van der Waals surface area contributed by atoms with Gasteiger partial charge >= 0.3 is 0 Å². The Labute approximate surface area is 257 Å². The zero-order valence-electron chi connectivity index (χ0n) is 25.3. The van der Waals surface area contributed by atoms with Crippen LogP contribution in [0, 0.1) is 6.92 Å². The Balaban J connectivity index is 1.21. The van der Waals surface area contributed by atoms with Gasteiger partial charge in [0.15, 0.2) is 11.6 Å². The first-order chi connectivity index (χ1) is 21.4. The fraction of sp³-hybridized carbons (Fsp3) is 0.324. The topological polar surface area (TPSA) is 109 Å². The van der Waals surface area contributed by atoms with Crippen molar-refractivity contribution in [3.8, 4) is 11.5 Å². The molecule has 0 radical (unpaired) electrons. The highest BCUT2D eigenvalue weighted by molar-refractivity contribution is 6.06. The lowest BCUT2D eigenvalue weighted by Crippen LogP contribution is -2.47. The van der Waals surface area contributed by atoms with Crippen molar-refractivity contribution >= 4 is 28.9 Å². The molecule has 1 aliphatic carbocycles. The summed E-state index contributed by atoms with van der Waals surface area (Å²) in [6.45, 7) is 5.59. The second-order valence-corrected chi connectivity index (χ2v) is 11.2. The number of piperazine rings is 1. The van der Waals surface area contributed by atoms with E-state index in [4.69, 9.17) is 13.9 Å². The molecular weight excluding hydrogens is 558 g/mol. The number of rotatable bonds is 10. The van der Waals surface area contributed by atoms with Crippen LogP contribution in [-0.2, 0) is 6.54 Å². The van der Waals surface area contributed by atoms with Crippen LogP contribution in [0.1, 0.15) is 56.6 Å². The summed E-state index contributed by atoms with van der Waals surface area (Å²) in [5.74, 6) is 1.54. The molecule has 1 aliphatic heterocycles. The number of anilines is 3. The fourth-order valence-corrected chi connectivity index (χ4v) is 5.51. The molecule has 1 saturated heterocycles. The van der Waals surface area contributed by atoms with E-state index in [1.807, 2.05) is 18.2 Å². The first kappa shape index (κ1) is 29.1. The molecule has 44 heavy (non-hydrogen) atoms. The van der Waals surface area contributed by atoms with Gasteiger partial charge in [0.2, 0.25) is 0 Å². The smallest absolute Gasteiger partial charge is 0.277 e. The van der Waals surface area contributed by atoms with E-state index in [2.05, 4.69) is 56.6 Å². The largest absolute Gasteiger partial charge is 0.497 e. The molecule has 10 heteroatoms. The number of carbonyl (C=O) groups excluding carboxylic acids is 2. The summed E-state index contributed by atoms with van der Waals surface area (Å²) >= 11 is 0. The number of aryl methyl sites for hydroxylation is 1. The quantitative estimate of drug-likeness (QED) is 0.251. The van der Waals surface area contributed by atoms with Gasteiger partial charge in [-0.1, -0.05) is 18.2 Å². The van der Waals surface area contributed by atoms with Crippen molar-refractivity contribution in [2.45, 2.75) is 32.2 Å². The Hall–Kier alpha value is -4.99. The zero-order valence-corrected chi connectivity index (χ0v) is 25.3. The Morgan fingerprint density at radius 2 is 1.57 bits per heavy atom. The number of amides is 2. The number of methoxy groups -OCH3 is 2. The van der Waals surface area contributed by atoms with Crippen molar-refractivity contribution in [1.82, 2.24) is 10.3 Å². The van der Waals surface area contributed by atoms with Crippen LogP contribution in [0.3, 0.4) is 0 Å². The van der Waals surface area contributed by atoms with E-state index in [0.29, 0.717) is 34.6 Å². The van der Waals surface area contributed by atoms with E-state index >= 15 is 0 Å². The minimum Gasteiger partial charge on any atom is -0.497 e. The number of nitrogens with one attached hydrogen (secondary N) is 2. The molecule has 4 aromatic rings. The summed E-state index contributed by atoms with van der Waals surface area (Å²) < 4.78 is 16.3. The normalized spacial score (nSPS) is 14.7. The third-order valence-corrected chi connectivity index (χ3v) is 8.13. The number of nitrogens with zero attached hydrogens (tertiary/aromatic N) is 3. The van der Waals surface area contributed by atoms with E-state index < -0.39 is 0 Å². The summed E-state index contributed by atoms with van der Waals surface area (Å²) in [5, 5.41) is 5.99. The maximum atomic E-state index is 13.3. The highest BCUT2D eigenvalue weighted by atomic mass is 16.5. The average Bonchev–Trinajstić information content (AvgIpc) is 3.79. The molecule has 1 aromatic heterocycles. The number of aromatic nitrogens is 1. The van der Waals surface area contributed by atoms with Crippen molar-refractivity contribution < 1.29 is 23.5 Å². The molecule has 2 heterocycles. The minimum atomic E-state index is -0.374. The van der Waals surface area contributed by atoms with Crippen molar-refractivity contribution in [2.24, 2.45) is 0 Å². The van der Waals surface area contributed by atoms with Gasteiger partial charge in [-0.2, -0.15) is 0 Å². The van der Waals surface area contributed by atoms with Crippen LogP contribution in [0.2, 0.25) is 0 Å². The maximum absolute atomic E-state index is 13.3. The van der Waals surface area contributed by atoms with Gasteiger partial charge in [-0.25, -0.2) is 4.98 Å². The highest BCUT2D eigenvalue weighted by Gasteiger charge is 2.30. The lowest BCUT2D eigenvalue weighted by Gasteiger charge is -2.38. The lowest BCUT2D eigenvalue weighted by atomic mass is 10.1. The molecule has 2 fully saturated rings. The Morgan fingerprint density at radius 3 is 2.23 bits per heavy atom. The second-order valence-electron chi connectivity index (χ2n) is 11.2. The number of hydrogen-bond acceptors (Lipinski definition) is 8. The first-order valence-corrected chi connectivity index (χ1v) is 14.9. The number of ether oxygens (including phenoxy) is 2. The van der Waals surface area contributed by atoms with Crippen molar-refractivity contribution in [3.63, 3.8) is 0 Å². The maximum Gasteiger partial charge on any atom is 0.277 e. The van der Waals surface area contributed by atoms with Crippen molar-refractivity contribution in [2.75, 3.05) is 55.5 Å². The number of carbonyl (C=O) groups is 2. The summed E-state index contributed by atoms with van der Waals surface area (Å²) in [4.78, 5) is 35.7. The zero-order chi connectivity index (χ0) is 30.6. The molecule has 2 amide bonds. The SMILES string of the molecule is COc1cc(CNC(=O)c2ccc(N3CCN(c4ccccc4C)CC3)c(NC(=O)c3coc(C4CC4)n3)c2)cc(OC)c1. The Bertz CT molecular complexity index is 1630. The summed E-state index contributed by atoms with van der Waals surface area (Å²) in [7, 11) is 3.17. The number of oxazole rings is 1. The van der Waals surface area contributed by atoms with E-state index in [-0.39, 0.29) is 24.1 Å². The van der Waals surface area contributed by atoms with Crippen LogP contribution < -0.4 is 29.9 Å². The van der Waals surface area contributed by atoms with E-state index in [1.165, 1.54) is 17.5 Å². The molecule has 1 saturated carbocycles. The van der Waals surface area contributed by atoms with Gasteiger partial charge in [0.1, 0.15) is 17.8 Å². The van der Waals surface area contributed by atoms with Crippen LogP contribution in [0.5, 0.6) is 11.5 Å². The van der Waals surface area contributed by atoms with Crippen LogP contribution in [0.25, 0.3) is 0 Å². The minimum absolute atomic E-state index is 0.226. The van der Waals surface area contributed by atoms with Gasteiger partial charge in [-0.3, -0.25) is 9.59 Å². The number of benzene rings is 3. The summed E-state index contributed by atoms with van der Waals surface area (Å²) in [6.07, 6.45) is 3.46. The summed E-state index contributed by atoms with van der Waals surface area (Å²) in [5.41, 5.74) is 5.37. The number of para-hydroxylation sites is 1. The van der Waals surface area contributed by atoms with Gasteiger partial charge in [-0.05, 0) is 67.3 Å². The fourth-order valence-electron chi connectivity index (χ4n) is 5.51. The summed E-state index contributed by atoms with van der Waals surface area (Å²) in [6, 6.07) is 19.3. The number of hydrogen-bond donors (Lipinski definition) is 2. The lowest BCUT2D eigenvalue weighted by molar-refractivity contribution is 0.0949. The van der Waals surface area contributed by atoms with E-state index in [9.17, 15) is 9.59 Å². The highest BCUT2D eigenvalue weighted by Crippen LogP contribution is 2.39. The molecule has 10 nitrogen and oxygen atoms in total. The van der Waals surface area contributed by atoms with Gasteiger partial charge in [0, 0.05) is 56.0 Å². The molecular formula is C34H37N5O5. The second kappa shape index (κ2) is 12.7. The van der Waals surface area contributed by atoms with Gasteiger partial charge in [-0.15, -0.1) is 0 Å². The Morgan fingerprint density at radius 1 is 0.886 bits per heavy atom. The molecule has 2 N–H and O–H groups in total. The van der Waals surface area contributed by atoms with Crippen LogP contribution in [0.4, 0.5) is 17.1 Å². The van der Waals surface area contributed by atoms with Crippen molar-refractivity contribution in [1.29, 1.82) is 0 Å². The van der Waals surface area contributed by atoms with E-state index in [1.54, 1.807) is 32.4 Å². The van der Waals surface area contributed by atoms with E-state index in [0.717, 1.165) is 50.3 Å². The predicted molar refractivity (Wildman–Crippen MR) is 169 cm³/mol. The molecule has 6 rings (SSSR count). The third kappa shape index (κ3) is 6.49. The molecule has 3 aromatic carbocycles. The predicted octanol–water partition coefficient (Wildman–Crippen LogP) is 5.39. The van der Waals surface area contributed by atoms with Crippen molar-refractivity contribution in [3.05, 3.63) is 95.2 Å². The van der Waals surface area contributed by atoms with Crippen LogP contribution in [-0.4, -0.2) is 57.2 Å². The molecule has 228 valence electrons. The molecule has 0 unspecified atom stereocenters. The molecule has 0 bridgehead atoms. The standard InChI is InChI=1S/C34H37N5O5/c1-22-6-4-5-7-30(22)38-12-14-39(15-13-38)31-11-10-25(32(40)35-20-23-16-26(42-2)19-27(17-23)43-3)18-28(31)36-33(41)29-21-44-34(37-29)24-8-9-24/h4-7,10-11,16-19,21,24H,8-9,12-15,20H2,1-3H3,(H,35,40)(H,36,41). The van der Waals surface area contributed by atoms with Gasteiger partial charge < -0.3 is 34.3 Å². The van der Waals surface area contributed by atoms with Crippen LogP contribution in [0.15, 0.2) is 71.3 Å². The van der Waals surface area contributed by atoms with Gasteiger partial charge in [0.25, 0.3) is 11.8 Å². The van der Waals surface area contributed by atoms with Crippen LogP contribution >= 0.6 is 0 Å².